The molecule has 10 heteroatoms. The van der Waals surface area contributed by atoms with Gasteiger partial charge in [-0.05, 0) is 12.1 Å². The summed E-state index contributed by atoms with van der Waals surface area (Å²) in [5.74, 6) is 0. The van der Waals surface area contributed by atoms with E-state index in [0.717, 1.165) is 21.6 Å². The number of nitrogens with one attached hydrogen (secondary N) is 1. The molecule has 2 saturated heterocycles. The number of carbonyl (C=O) groups is 1. The first-order chi connectivity index (χ1) is 12.0. The highest BCUT2D eigenvalue weighted by Crippen LogP contribution is 2.27. The first-order valence-corrected chi connectivity index (χ1v) is 9.61. The van der Waals surface area contributed by atoms with Crippen LogP contribution in [0.4, 0.5) is 10.5 Å². The standard InChI is InChI=1S/C15H19N5O4S/c21-15(22)19-9-11(10-19)25(23,24)20-6-4-18(5-7-20)13-8-17-14-12(13)2-1-3-16-14/h1-3,8,11H,4-7,9-10H2,(H,16,17)(H,21,22). The van der Waals surface area contributed by atoms with E-state index in [0.29, 0.717) is 26.2 Å². The Morgan fingerprint density at radius 3 is 2.64 bits per heavy atom. The van der Waals surface area contributed by atoms with E-state index in [-0.39, 0.29) is 13.1 Å². The fraction of sp³-hybridized carbons (Fsp3) is 0.467. The third-order valence-electron chi connectivity index (χ3n) is 4.91. The zero-order chi connectivity index (χ0) is 17.6. The molecule has 2 aromatic heterocycles. The zero-order valence-electron chi connectivity index (χ0n) is 13.5. The third-order valence-corrected chi connectivity index (χ3v) is 7.13. The average Bonchev–Trinajstić information content (AvgIpc) is 2.97. The van der Waals surface area contributed by atoms with Gasteiger partial charge in [-0.15, -0.1) is 0 Å². The van der Waals surface area contributed by atoms with Crippen LogP contribution < -0.4 is 4.90 Å². The normalized spacial score (nSPS) is 20.0. The highest BCUT2D eigenvalue weighted by atomic mass is 32.2. The molecule has 2 aliphatic heterocycles. The molecule has 0 aliphatic carbocycles. The van der Waals surface area contributed by atoms with Crippen LogP contribution in [0.15, 0.2) is 24.5 Å². The van der Waals surface area contributed by atoms with Crippen LogP contribution in [0.2, 0.25) is 0 Å². The van der Waals surface area contributed by atoms with Gasteiger partial charge in [-0.3, -0.25) is 0 Å². The summed E-state index contributed by atoms with van der Waals surface area (Å²) in [5, 5.41) is 9.26. The van der Waals surface area contributed by atoms with Crippen LogP contribution >= 0.6 is 0 Å². The van der Waals surface area contributed by atoms with Crippen LogP contribution in [0.5, 0.6) is 0 Å². The first kappa shape index (κ1) is 16.2. The van der Waals surface area contributed by atoms with Crippen molar-refractivity contribution in [3.63, 3.8) is 0 Å². The third kappa shape index (κ3) is 2.71. The average molecular weight is 365 g/mol. The number of anilines is 1. The van der Waals surface area contributed by atoms with Gasteiger partial charge in [0.05, 0.1) is 5.69 Å². The molecule has 0 radical (unpaired) electrons. The van der Waals surface area contributed by atoms with E-state index in [1.54, 1.807) is 6.20 Å². The van der Waals surface area contributed by atoms with Gasteiger partial charge in [0.25, 0.3) is 0 Å². The lowest BCUT2D eigenvalue weighted by molar-refractivity contribution is 0.118. The molecule has 2 aromatic rings. The minimum Gasteiger partial charge on any atom is -0.465 e. The molecule has 1 amide bonds. The fourth-order valence-corrected chi connectivity index (χ4v) is 5.21. The van der Waals surface area contributed by atoms with E-state index < -0.39 is 21.4 Å². The van der Waals surface area contributed by atoms with Crippen LogP contribution in [-0.2, 0) is 10.0 Å². The highest BCUT2D eigenvalue weighted by Gasteiger charge is 2.43. The van der Waals surface area contributed by atoms with Gasteiger partial charge in [0.2, 0.25) is 10.0 Å². The van der Waals surface area contributed by atoms with Crippen molar-refractivity contribution in [1.29, 1.82) is 0 Å². The number of fused-ring (bicyclic) bond motifs is 1. The smallest absolute Gasteiger partial charge is 0.407 e. The Morgan fingerprint density at radius 2 is 1.96 bits per heavy atom. The van der Waals surface area contributed by atoms with Gasteiger partial charge in [0, 0.05) is 57.0 Å². The summed E-state index contributed by atoms with van der Waals surface area (Å²) in [6.45, 7) is 2.11. The molecule has 0 aromatic carbocycles. The molecule has 0 bridgehead atoms. The van der Waals surface area contributed by atoms with E-state index in [2.05, 4.69) is 14.9 Å². The van der Waals surface area contributed by atoms with Gasteiger partial charge in [-0.25, -0.2) is 18.2 Å². The second-order valence-electron chi connectivity index (χ2n) is 6.31. The van der Waals surface area contributed by atoms with Gasteiger partial charge in [-0.2, -0.15) is 4.31 Å². The number of sulfonamides is 1. The minimum absolute atomic E-state index is 0.0615. The maximum absolute atomic E-state index is 12.6. The minimum atomic E-state index is -3.44. The number of piperazine rings is 1. The van der Waals surface area contributed by atoms with E-state index >= 15 is 0 Å². The number of carboxylic acid groups (broad SMARTS) is 1. The lowest BCUT2D eigenvalue weighted by Crippen LogP contribution is -2.61. The van der Waals surface area contributed by atoms with Crippen LogP contribution in [0, 0.1) is 0 Å². The highest BCUT2D eigenvalue weighted by molar-refractivity contribution is 7.89. The molecule has 2 fully saturated rings. The Balaban J connectivity index is 1.42. The van der Waals surface area contributed by atoms with Gasteiger partial charge in [0.15, 0.2) is 0 Å². The molecule has 9 nitrogen and oxygen atoms in total. The summed E-state index contributed by atoms with van der Waals surface area (Å²) in [4.78, 5) is 21.5. The first-order valence-electron chi connectivity index (χ1n) is 8.10. The van der Waals surface area contributed by atoms with Crippen molar-refractivity contribution in [3.05, 3.63) is 24.5 Å². The molecule has 134 valence electrons. The maximum Gasteiger partial charge on any atom is 0.407 e. The van der Waals surface area contributed by atoms with Gasteiger partial charge in [0.1, 0.15) is 10.9 Å². The second-order valence-corrected chi connectivity index (χ2v) is 8.53. The molecular weight excluding hydrogens is 346 g/mol. The maximum atomic E-state index is 12.6. The quantitative estimate of drug-likeness (QED) is 0.814. The Morgan fingerprint density at radius 1 is 1.24 bits per heavy atom. The molecular formula is C15H19N5O4S. The predicted molar refractivity (Wildman–Crippen MR) is 92.2 cm³/mol. The summed E-state index contributed by atoms with van der Waals surface area (Å²) in [7, 11) is -3.44. The predicted octanol–water partition coefficient (Wildman–Crippen LogP) is 0.377. The lowest BCUT2D eigenvalue weighted by atomic mass is 10.2. The molecule has 4 heterocycles. The van der Waals surface area contributed by atoms with Crippen molar-refractivity contribution in [2.24, 2.45) is 0 Å². The monoisotopic (exact) mass is 365 g/mol. The Hall–Kier alpha value is -2.33. The number of hydrogen-bond donors (Lipinski definition) is 2. The molecule has 0 unspecified atom stereocenters. The van der Waals surface area contributed by atoms with Crippen LogP contribution in [-0.4, -0.2) is 83.3 Å². The van der Waals surface area contributed by atoms with Crippen molar-refractivity contribution < 1.29 is 18.3 Å². The van der Waals surface area contributed by atoms with Crippen molar-refractivity contribution >= 4 is 32.8 Å². The summed E-state index contributed by atoms with van der Waals surface area (Å²) in [6.07, 6.45) is 2.56. The van der Waals surface area contributed by atoms with Crippen LogP contribution in [0.25, 0.3) is 11.0 Å². The van der Waals surface area contributed by atoms with E-state index in [9.17, 15) is 13.2 Å². The van der Waals surface area contributed by atoms with Gasteiger partial charge in [-0.1, -0.05) is 0 Å². The van der Waals surface area contributed by atoms with Crippen LogP contribution in [0.1, 0.15) is 0 Å². The molecule has 0 atom stereocenters. The molecule has 4 rings (SSSR count). The molecule has 0 saturated carbocycles. The summed E-state index contributed by atoms with van der Waals surface area (Å²) in [5.41, 5.74) is 1.84. The summed E-state index contributed by atoms with van der Waals surface area (Å²) < 4.78 is 26.7. The summed E-state index contributed by atoms with van der Waals surface area (Å²) in [6, 6.07) is 3.87. The number of aromatic amines is 1. The Kier molecular flexibility index (Phi) is 3.80. The Bertz CT molecular complexity index is 898. The number of nitrogens with zero attached hydrogens (tertiary/aromatic N) is 4. The van der Waals surface area contributed by atoms with Crippen molar-refractivity contribution in [1.82, 2.24) is 19.2 Å². The molecule has 2 aliphatic rings. The van der Waals surface area contributed by atoms with Gasteiger partial charge >= 0.3 is 6.09 Å². The number of pyridine rings is 1. The number of H-pyrrole nitrogens is 1. The number of amides is 1. The van der Waals surface area contributed by atoms with Gasteiger partial charge < -0.3 is 19.9 Å². The number of rotatable bonds is 3. The largest absolute Gasteiger partial charge is 0.465 e. The molecule has 25 heavy (non-hydrogen) atoms. The van der Waals surface area contributed by atoms with Crippen LogP contribution in [0.3, 0.4) is 0 Å². The number of likely N-dealkylation sites (tertiary alicyclic amines) is 1. The SMILES string of the molecule is O=C(O)N1CC(S(=O)(=O)N2CCN(c3c[nH]c4ncccc34)CC2)C1. The zero-order valence-corrected chi connectivity index (χ0v) is 14.3. The molecule has 2 N–H and O–H groups in total. The Labute approximate surface area is 144 Å². The van der Waals surface area contributed by atoms with E-state index in [1.165, 1.54) is 4.31 Å². The number of aromatic nitrogens is 2. The van der Waals surface area contributed by atoms with E-state index in [1.807, 2.05) is 18.3 Å². The topological polar surface area (TPSA) is 110 Å². The second kappa shape index (κ2) is 5.88. The number of hydrogen-bond acceptors (Lipinski definition) is 5. The lowest BCUT2D eigenvalue weighted by Gasteiger charge is -2.41. The van der Waals surface area contributed by atoms with Crippen molar-refractivity contribution in [3.8, 4) is 0 Å². The van der Waals surface area contributed by atoms with E-state index in [4.69, 9.17) is 5.11 Å². The fourth-order valence-electron chi connectivity index (χ4n) is 3.38. The molecule has 0 spiro atoms. The van der Waals surface area contributed by atoms with Crippen molar-refractivity contribution in [2.75, 3.05) is 44.2 Å². The van der Waals surface area contributed by atoms with Crippen molar-refractivity contribution in [2.45, 2.75) is 5.25 Å². The summed E-state index contributed by atoms with van der Waals surface area (Å²) >= 11 is 0.